The van der Waals surface area contributed by atoms with E-state index in [2.05, 4.69) is 20.5 Å². The van der Waals surface area contributed by atoms with Gasteiger partial charge in [0, 0.05) is 33.9 Å². The highest BCUT2D eigenvalue weighted by Gasteiger charge is 2.35. The number of nitrogens with one attached hydrogen (secondary N) is 1. The summed E-state index contributed by atoms with van der Waals surface area (Å²) in [6, 6.07) is 15.9. The Kier molecular flexibility index (Phi) is 7.09. The highest BCUT2D eigenvalue weighted by atomic mass is 35.5. The SMILES string of the molecule is CC(C)c1ccc(-c2cc(C(F)(F)F)n3nc(C(=O)Nc4ccn(Cc5ccc(Cl)cc5Cl)n4)cc3n2)cc1. The van der Waals surface area contributed by atoms with Crippen LogP contribution in [-0.2, 0) is 12.7 Å². The second kappa shape index (κ2) is 10.3. The van der Waals surface area contributed by atoms with Crippen molar-refractivity contribution >= 4 is 40.6 Å². The molecule has 0 fully saturated rings. The van der Waals surface area contributed by atoms with Gasteiger partial charge in [-0.2, -0.15) is 23.4 Å². The van der Waals surface area contributed by atoms with E-state index in [1.165, 1.54) is 6.07 Å². The fourth-order valence-corrected chi connectivity index (χ4v) is 4.46. The van der Waals surface area contributed by atoms with Gasteiger partial charge in [0.15, 0.2) is 22.9 Å². The van der Waals surface area contributed by atoms with E-state index in [1.807, 2.05) is 26.0 Å². The van der Waals surface area contributed by atoms with Gasteiger partial charge in [-0.3, -0.25) is 9.48 Å². The predicted octanol–water partition coefficient (Wildman–Crippen LogP) is 7.34. The van der Waals surface area contributed by atoms with E-state index in [-0.39, 0.29) is 28.8 Å². The lowest BCUT2D eigenvalue weighted by Gasteiger charge is -2.11. The summed E-state index contributed by atoms with van der Waals surface area (Å²) in [6.45, 7) is 4.37. The van der Waals surface area contributed by atoms with Crippen molar-refractivity contribution in [3.05, 3.63) is 99.4 Å². The third-order valence-corrected chi connectivity index (χ3v) is 6.64. The standard InChI is InChI=1S/C27H21Cl2F3N6O/c1-15(2)16-3-5-17(6-4-16)21-12-23(27(30,31)32)38-25(33-21)13-22(35-38)26(39)34-24-9-10-37(36-24)14-18-7-8-19(28)11-20(18)29/h3-13,15H,14H2,1-2H3,(H,34,36,39). The number of alkyl halides is 3. The Morgan fingerprint density at radius 3 is 2.41 bits per heavy atom. The van der Waals surface area contributed by atoms with Crippen LogP contribution in [0.15, 0.2) is 66.9 Å². The molecular weight excluding hydrogens is 552 g/mol. The molecule has 1 N–H and O–H groups in total. The minimum atomic E-state index is -4.73. The third kappa shape index (κ3) is 5.76. The van der Waals surface area contributed by atoms with Gasteiger partial charge in [-0.25, -0.2) is 9.50 Å². The minimum absolute atomic E-state index is 0.110. The first-order valence-electron chi connectivity index (χ1n) is 11.8. The van der Waals surface area contributed by atoms with Crippen LogP contribution in [0.5, 0.6) is 0 Å². The van der Waals surface area contributed by atoms with Crippen molar-refractivity contribution in [1.29, 1.82) is 0 Å². The summed E-state index contributed by atoms with van der Waals surface area (Å²) < 4.78 is 44.0. The lowest BCUT2D eigenvalue weighted by atomic mass is 10.0. The maximum absolute atomic E-state index is 14.0. The average molecular weight is 573 g/mol. The highest BCUT2D eigenvalue weighted by molar-refractivity contribution is 6.35. The van der Waals surface area contributed by atoms with Crippen LogP contribution in [0.1, 0.15) is 47.1 Å². The van der Waals surface area contributed by atoms with Crippen molar-refractivity contribution < 1.29 is 18.0 Å². The molecule has 0 atom stereocenters. The van der Waals surface area contributed by atoms with Crippen LogP contribution in [0.2, 0.25) is 10.0 Å². The van der Waals surface area contributed by atoms with E-state index in [0.29, 0.717) is 26.7 Å². The van der Waals surface area contributed by atoms with Gasteiger partial charge < -0.3 is 5.32 Å². The monoisotopic (exact) mass is 572 g/mol. The summed E-state index contributed by atoms with van der Waals surface area (Å²) in [6.07, 6.45) is -3.10. The quantitative estimate of drug-likeness (QED) is 0.231. The summed E-state index contributed by atoms with van der Waals surface area (Å²) in [5.41, 5.74) is 1.07. The molecule has 0 saturated carbocycles. The summed E-state index contributed by atoms with van der Waals surface area (Å²) in [5.74, 6) is -0.263. The number of amides is 1. The van der Waals surface area contributed by atoms with Crippen LogP contribution >= 0.6 is 23.2 Å². The summed E-state index contributed by atoms with van der Waals surface area (Å²) in [7, 11) is 0. The number of halogens is 5. The number of hydrogen-bond donors (Lipinski definition) is 1. The normalized spacial score (nSPS) is 11.9. The molecule has 0 aliphatic heterocycles. The molecule has 0 unspecified atom stereocenters. The zero-order valence-electron chi connectivity index (χ0n) is 20.7. The van der Waals surface area contributed by atoms with E-state index in [0.717, 1.165) is 17.2 Å². The largest absolute Gasteiger partial charge is 0.433 e. The summed E-state index contributed by atoms with van der Waals surface area (Å²) in [4.78, 5) is 17.2. The number of hydrogen-bond acceptors (Lipinski definition) is 4. The Bertz CT molecular complexity index is 1680. The van der Waals surface area contributed by atoms with Gasteiger partial charge in [0.25, 0.3) is 5.91 Å². The van der Waals surface area contributed by atoms with E-state index in [1.54, 1.807) is 47.3 Å². The maximum Gasteiger partial charge on any atom is 0.433 e. The van der Waals surface area contributed by atoms with Gasteiger partial charge in [0.1, 0.15) is 0 Å². The van der Waals surface area contributed by atoms with E-state index in [4.69, 9.17) is 23.2 Å². The van der Waals surface area contributed by atoms with Gasteiger partial charge in [0.05, 0.1) is 12.2 Å². The first kappa shape index (κ1) is 26.7. The zero-order valence-corrected chi connectivity index (χ0v) is 22.2. The van der Waals surface area contributed by atoms with Gasteiger partial charge in [-0.15, -0.1) is 0 Å². The van der Waals surface area contributed by atoms with Crippen LogP contribution in [0, 0.1) is 0 Å². The molecule has 200 valence electrons. The smallest absolute Gasteiger partial charge is 0.304 e. The first-order valence-corrected chi connectivity index (χ1v) is 12.6. The molecule has 7 nitrogen and oxygen atoms in total. The molecule has 0 spiro atoms. The number of rotatable bonds is 6. The number of carbonyl (C=O) groups excluding carboxylic acids is 1. The molecule has 3 aromatic heterocycles. The number of fused-ring (bicyclic) bond motifs is 1. The van der Waals surface area contributed by atoms with Crippen LogP contribution in [0.4, 0.5) is 19.0 Å². The molecule has 0 aliphatic rings. The number of aromatic nitrogens is 5. The molecule has 0 radical (unpaired) electrons. The van der Waals surface area contributed by atoms with Gasteiger partial charge in [0.2, 0.25) is 0 Å². The van der Waals surface area contributed by atoms with E-state index in [9.17, 15) is 18.0 Å². The van der Waals surface area contributed by atoms with Gasteiger partial charge in [-0.05, 0) is 35.2 Å². The second-order valence-electron chi connectivity index (χ2n) is 9.19. The highest BCUT2D eigenvalue weighted by Crippen LogP contribution is 2.33. The van der Waals surface area contributed by atoms with Crippen LogP contribution in [0.25, 0.3) is 16.9 Å². The molecule has 1 amide bonds. The van der Waals surface area contributed by atoms with Crippen LogP contribution < -0.4 is 5.32 Å². The van der Waals surface area contributed by atoms with Gasteiger partial charge in [-0.1, -0.05) is 67.4 Å². The molecular formula is C27H21Cl2F3N6O. The Balaban J connectivity index is 1.41. The number of anilines is 1. The maximum atomic E-state index is 14.0. The third-order valence-electron chi connectivity index (χ3n) is 6.05. The Labute approximate surface area is 231 Å². The zero-order chi connectivity index (χ0) is 27.9. The van der Waals surface area contributed by atoms with Gasteiger partial charge >= 0.3 is 6.18 Å². The molecule has 3 heterocycles. The first-order chi connectivity index (χ1) is 18.5. The molecule has 2 aromatic carbocycles. The molecule has 5 aromatic rings. The molecule has 12 heteroatoms. The van der Waals surface area contributed by atoms with Crippen LogP contribution in [0.3, 0.4) is 0 Å². The summed E-state index contributed by atoms with van der Waals surface area (Å²) in [5, 5.41) is 11.7. The number of benzene rings is 2. The number of carbonyl (C=O) groups is 1. The molecule has 0 saturated heterocycles. The topological polar surface area (TPSA) is 77.1 Å². The summed E-state index contributed by atoms with van der Waals surface area (Å²) >= 11 is 12.1. The number of nitrogens with zero attached hydrogens (tertiary/aromatic N) is 5. The van der Waals surface area contributed by atoms with Crippen molar-refractivity contribution in [2.24, 2.45) is 0 Å². The Morgan fingerprint density at radius 1 is 1.00 bits per heavy atom. The molecule has 0 bridgehead atoms. The van der Waals surface area contributed by atoms with Crippen molar-refractivity contribution in [3.63, 3.8) is 0 Å². The van der Waals surface area contributed by atoms with E-state index < -0.39 is 17.8 Å². The van der Waals surface area contributed by atoms with Crippen molar-refractivity contribution in [2.45, 2.75) is 32.5 Å². The van der Waals surface area contributed by atoms with Crippen LogP contribution in [-0.4, -0.2) is 30.3 Å². The lowest BCUT2D eigenvalue weighted by molar-refractivity contribution is -0.142. The van der Waals surface area contributed by atoms with E-state index >= 15 is 0 Å². The average Bonchev–Trinajstić information content (AvgIpc) is 3.51. The fourth-order valence-electron chi connectivity index (χ4n) is 4.00. The Hall–Kier alpha value is -3.89. The predicted molar refractivity (Wildman–Crippen MR) is 143 cm³/mol. The van der Waals surface area contributed by atoms with Crippen molar-refractivity contribution in [2.75, 3.05) is 5.32 Å². The minimum Gasteiger partial charge on any atom is -0.304 e. The molecule has 39 heavy (non-hydrogen) atoms. The van der Waals surface area contributed by atoms with Crippen molar-refractivity contribution in [3.8, 4) is 11.3 Å². The lowest BCUT2D eigenvalue weighted by Crippen LogP contribution is -2.16. The second-order valence-corrected chi connectivity index (χ2v) is 10.0. The fraction of sp³-hybridized carbons (Fsp3) is 0.185. The Morgan fingerprint density at radius 2 is 1.74 bits per heavy atom. The van der Waals surface area contributed by atoms with Crippen molar-refractivity contribution in [1.82, 2.24) is 24.4 Å². The molecule has 5 rings (SSSR count). The molecule has 0 aliphatic carbocycles.